The SMILES string of the molecule is CC1c2c(ccc3[nH]ccc23)OCCN1C(=O)OC(C)(C)C.c1ccc2[nH]ccc2c1. The van der Waals surface area contributed by atoms with Gasteiger partial charge in [0.1, 0.15) is 18.0 Å². The van der Waals surface area contributed by atoms with Gasteiger partial charge in [-0.15, -0.1) is 0 Å². The van der Waals surface area contributed by atoms with Gasteiger partial charge in [0.05, 0.1) is 12.6 Å². The van der Waals surface area contributed by atoms with Crippen LogP contribution in [-0.4, -0.2) is 39.7 Å². The molecule has 6 nitrogen and oxygen atoms in total. The van der Waals surface area contributed by atoms with Gasteiger partial charge in [-0.2, -0.15) is 0 Å². The van der Waals surface area contributed by atoms with Crippen molar-refractivity contribution in [3.63, 3.8) is 0 Å². The minimum absolute atomic E-state index is 0.105. The summed E-state index contributed by atoms with van der Waals surface area (Å²) in [7, 11) is 0. The number of carbonyl (C=O) groups is 1. The number of hydrogen-bond acceptors (Lipinski definition) is 3. The zero-order valence-corrected chi connectivity index (χ0v) is 18.4. The average molecular weight is 420 g/mol. The number of benzene rings is 2. The quantitative estimate of drug-likeness (QED) is 0.366. The van der Waals surface area contributed by atoms with Gasteiger partial charge in [-0.05, 0) is 63.4 Å². The average Bonchev–Trinajstić information content (AvgIpc) is 3.35. The second-order valence-electron chi connectivity index (χ2n) is 8.68. The molecule has 0 bridgehead atoms. The first-order valence-corrected chi connectivity index (χ1v) is 10.6. The first-order valence-electron chi connectivity index (χ1n) is 10.6. The molecule has 1 amide bonds. The fourth-order valence-electron chi connectivity index (χ4n) is 3.86. The lowest BCUT2D eigenvalue weighted by Crippen LogP contribution is -2.39. The summed E-state index contributed by atoms with van der Waals surface area (Å²) in [6, 6.07) is 16.2. The molecule has 1 aliphatic rings. The molecule has 1 atom stereocenters. The zero-order valence-electron chi connectivity index (χ0n) is 18.4. The highest BCUT2D eigenvalue weighted by atomic mass is 16.6. The highest BCUT2D eigenvalue weighted by Crippen LogP contribution is 2.37. The van der Waals surface area contributed by atoms with Crippen LogP contribution in [0, 0.1) is 0 Å². The van der Waals surface area contributed by atoms with Gasteiger partial charge in [-0.1, -0.05) is 18.2 Å². The summed E-state index contributed by atoms with van der Waals surface area (Å²) in [5, 5.41) is 2.36. The highest BCUT2D eigenvalue weighted by molar-refractivity contribution is 5.86. The monoisotopic (exact) mass is 419 g/mol. The van der Waals surface area contributed by atoms with E-state index in [0.717, 1.165) is 22.2 Å². The fourth-order valence-corrected chi connectivity index (χ4v) is 3.86. The van der Waals surface area contributed by atoms with Gasteiger partial charge in [0.15, 0.2) is 0 Å². The molecule has 5 rings (SSSR count). The van der Waals surface area contributed by atoms with Crippen molar-refractivity contribution >= 4 is 27.9 Å². The van der Waals surface area contributed by atoms with Crippen LogP contribution in [0.15, 0.2) is 60.9 Å². The van der Waals surface area contributed by atoms with Crippen molar-refractivity contribution < 1.29 is 14.3 Å². The topological polar surface area (TPSA) is 70.3 Å². The number of aromatic nitrogens is 2. The summed E-state index contributed by atoms with van der Waals surface area (Å²) in [6.45, 7) is 8.62. The molecule has 0 radical (unpaired) electrons. The Morgan fingerprint density at radius 3 is 2.55 bits per heavy atom. The highest BCUT2D eigenvalue weighted by Gasteiger charge is 2.31. The summed E-state index contributed by atoms with van der Waals surface area (Å²) in [5.74, 6) is 0.839. The Morgan fingerprint density at radius 1 is 1.03 bits per heavy atom. The van der Waals surface area contributed by atoms with Crippen LogP contribution in [0.2, 0.25) is 0 Å². The second kappa shape index (κ2) is 8.38. The molecule has 0 saturated carbocycles. The van der Waals surface area contributed by atoms with Gasteiger partial charge in [-0.3, -0.25) is 4.90 Å². The van der Waals surface area contributed by atoms with E-state index < -0.39 is 5.60 Å². The van der Waals surface area contributed by atoms with Gasteiger partial charge < -0.3 is 19.4 Å². The van der Waals surface area contributed by atoms with Crippen molar-refractivity contribution in [2.45, 2.75) is 39.3 Å². The van der Waals surface area contributed by atoms with E-state index in [-0.39, 0.29) is 12.1 Å². The van der Waals surface area contributed by atoms with Crippen LogP contribution in [0.4, 0.5) is 4.79 Å². The Balaban J connectivity index is 0.000000212. The number of para-hydroxylation sites is 1. The summed E-state index contributed by atoms with van der Waals surface area (Å²) in [4.78, 5) is 20.6. The third-order valence-corrected chi connectivity index (χ3v) is 5.30. The van der Waals surface area contributed by atoms with Crippen LogP contribution in [0.5, 0.6) is 5.75 Å². The standard InChI is InChI=1S/C17H22N2O3.C8H7N/c1-11-15-12-7-8-18-13(12)5-6-14(15)21-10-9-19(11)16(20)22-17(2,3)4;1-2-4-8-7(3-1)5-6-9-8/h5-8,11,18H,9-10H2,1-4H3;1-6,9H. The number of ether oxygens (including phenoxy) is 2. The van der Waals surface area contributed by atoms with Crippen LogP contribution < -0.4 is 4.74 Å². The van der Waals surface area contributed by atoms with E-state index in [0.29, 0.717) is 13.2 Å². The Labute approximate surface area is 182 Å². The number of aromatic amines is 2. The summed E-state index contributed by atoms with van der Waals surface area (Å²) >= 11 is 0. The van der Waals surface area contributed by atoms with Crippen LogP contribution in [0.25, 0.3) is 21.8 Å². The maximum absolute atomic E-state index is 12.5. The van der Waals surface area contributed by atoms with Crippen LogP contribution in [0.3, 0.4) is 0 Å². The van der Waals surface area contributed by atoms with E-state index >= 15 is 0 Å². The Kier molecular flexibility index (Phi) is 5.63. The van der Waals surface area contributed by atoms with Gasteiger partial charge >= 0.3 is 6.09 Å². The van der Waals surface area contributed by atoms with E-state index in [4.69, 9.17) is 9.47 Å². The number of H-pyrrole nitrogens is 2. The van der Waals surface area contributed by atoms with Gasteiger partial charge in [0.25, 0.3) is 0 Å². The maximum Gasteiger partial charge on any atom is 0.410 e. The van der Waals surface area contributed by atoms with E-state index in [1.165, 1.54) is 10.9 Å². The first-order chi connectivity index (χ1) is 14.8. The van der Waals surface area contributed by atoms with E-state index in [1.54, 1.807) is 4.90 Å². The largest absolute Gasteiger partial charge is 0.491 e. The number of carbonyl (C=O) groups excluding carboxylic acids is 1. The number of nitrogens with zero attached hydrogens (tertiary/aromatic N) is 1. The maximum atomic E-state index is 12.5. The lowest BCUT2D eigenvalue weighted by molar-refractivity contribution is 0.0168. The van der Waals surface area contributed by atoms with E-state index in [2.05, 4.69) is 28.2 Å². The fraction of sp³-hybridized carbons (Fsp3) is 0.320. The van der Waals surface area contributed by atoms with Crippen molar-refractivity contribution in [3.8, 4) is 5.75 Å². The predicted octanol–water partition coefficient (Wildman–Crippen LogP) is 6.03. The summed E-state index contributed by atoms with van der Waals surface area (Å²) < 4.78 is 11.4. The molecule has 1 aliphatic heterocycles. The molecule has 2 aromatic carbocycles. The number of nitrogens with one attached hydrogen (secondary N) is 2. The Morgan fingerprint density at radius 2 is 1.77 bits per heavy atom. The molecule has 6 heteroatoms. The number of hydrogen-bond donors (Lipinski definition) is 2. The number of rotatable bonds is 0. The molecule has 31 heavy (non-hydrogen) atoms. The van der Waals surface area contributed by atoms with Gasteiger partial charge in [0.2, 0.25) is 0 Å². The minimum Gasteiger partial charge on any atom is -0.491 e. The molecular formula is C25H29N3O3. The molecule has 1 unspecified atom stereocenters. The molecule has 4 aromatic rings. The van der Waals surface area contributed by atoms with Gasteiger partial charge in [-0.25, -0.2) is 4.79 Å². The smallest absolute Gasteiger partial charge is 0.410 e. The number of amides is 1. The lowest BCUT2D eigenvalue weighted by Gasteiger charge is -2.30. The molecule has 0 fully saturated rings. The molecular weight excluding hydrogens is 390 g/mol. The molecule has 0 saturated heterocycles. The number of fused-ring (bicyclic) bond motifs is 4. The van der Waals surface area contributed by atoms with Crippen molar-refractivity contribution in [2.24, 2.45) is 0 Å². The molecule has 0 spiro atoms. The lowest BCUT2D eigenvalue weighted by atomic mass is 10.0. The van der Waals surface area contributed by atoms with Crippen LogP contribution >= 0.6 is 0 Å². The van der Waals surface area contributed by atoms with Crippen LogP contribution in [0.1, 0.15) is 39.3 Å². The van der Waals surface area contributed by atoms with Gasteiger partial charge in [0, 0.05) is 34.4 Å². The Bertz CT molecular complexity index is 1160. The van der Waals surface area contributed by atoms with Crippen LogP contribution in [-0.2, 0) is 4.74 Å². The molecule has 162 valence electrons. The Hall–Kier alpha value is -3.41. The molecule has 2 aromatic heterocycles. The van der Waals surface area contributed by atoms with Crippen molar-refractivity contribution in [3.05, 3.63) is 66.5 Å². The van der Waals surface area contributed by atoms with E-state index in [1.807, 2.05) is 70.4 Å². The first kappa shape index (κ1) is 20.8. The molecule has 0 aliphatic carbocycles. The molecule has 3 heterocycles. The molecule has 2 N–H and O–H groups in total. The van der Waals surface area contributed by atoms with Crippen molar-refractivity contribution in [2.75, 3.05) is 13.2 Å². The zero-order chi connectivity index (χ0) is 22.0. The van der Waals surface area contributed by atoms with Crippen molar-refractivity contribution in [1.29, 1.82) is 0 Å². The van der Waals surface area contributed by atoms with E-state index in [9.17, 15) is 4.79 Å². The third kappa shape index (κ3) is 4.53. The third-order valence-electron chi connectivity index (χ3n) is 5.30. The van der Waals surface area contributed by atoms with Crippen molar-refractivity contribution in [1.82, 2.24) is 14.9 Å². The summed E-state index contributed by atoms with van der Waals surface area (Å²) in [6.07, 6.45) is 3.55. The summed E-state index contributed by atoms with van der Waals surface area (Å²) in [5.41, 5.74) is 2.77. The second-order valence-corrected chi connectivity index (χ2v) is 8.68. The normalized spacial score (nSPS) is 16.1. The predicted molar refractivity (Wildman–Crippen MR) is 123 cm³/mol. The minimum atomic E-state index is -0.507.